The molecule has 0 bridgehead atoms. The fraction of sp³-hybridized carbons (Fsp3) is 0.444. The van der Waals surface area contributed by atoms with Crippen molar-refractivity contribution in [1.29, 1.82) is 0 Å². The summed E-state index contributed by atoms with van der Waals surface area (Å²) in [7, 11) is 0. The van der Waals surface area contributed by atoms with Gasteiger partial charge in [-0.1, -0.05) is 0 Å². The summed E-state index contributed by atoms with van der Waals surface area (Å²) in [6, 6.07) is 0. The van der Waals surface area contributed by atoms with E-state index in [2.05, 4.69) is 26.8 Å². The van der Waals surface area contributed by atoms with Crippen LogP contribution in [0.15, 0.2) is 12.7 Å². The molecule has 9 nitrogen and oxygen atoms in total. The summed E-state index contributed by atoms with van der Waals surface area (Å²) < 4.78 is 25.5. The predicted molar refractivity (Wildman–Crippen MR) is 73.0 cm³/mol. The SMILES string of the molecule is Nc1ncnc2c1ncn2[C@@H]1O[C@H](OP(O)(O)=S)C[C@H]1F. The standard InChI is InChI=1S/C9H11FN5O4PS/c10-4-1-5(19-20(16,17)21)18-9(4)15-3-14-6-7(11)12-2-13-8(6)15/h2-5,9H,1H2,(H2,11,12,13)(H2,16,17,21)/t4-,5-,9-/m1/s1. The number of aromatic nitrogens is 4. The topological polar surface area (TPSA) is 129 Å². The first-order valence-electron chi connectivity index (χ1n) is 5.81. The van der Waals surface area contributed by atoms with Crippen molar-refractivity contribution in [2.75, 3.05) is 5.73 Å². The molecule has 2 aromatic heterocycles. The van der Waals surface area contributed by atoms with E-state index in [1.54, 1.807) is 0 Å². The third kappa shape index (κ3) is 2.89. The lowest BCUT2D eigenvalue weighted by Crippen LogP contribution is -2.16. The molecule has 3 atom stereocenters. The van der Waals surface area contributed by atoms with Gasteiger partial charge in [0.15, 0.2) is 30.2 Å². The Morgan fingerprint density at radius 3 is 2.95 bits per heavy atom. The Balaban J connectivity index is 1.89. The summed E-state index contributed by atoms with van der Waals surface area (Å²) in [6.45, 7) is -3.93. The normalized spacial score (nSPS) is 26.5. The lowest BCUT2D eigenvalue weighted by molar-refractivity contribution is -0.105. The average Bonchev–Trinajstić information content (AvgIpc) is 2.92. The highest BCUT2D eigenvalue weighted by Crippen LogP contribution is 2.44. The van der Waals surface area contributed by atoms with Crippen molar-refractivity contribution in [3.8, 4) is 0 Å². The fourth-order valence-electron chi connectivity index (χ4n) is 2.11. The van der Waals surface area contributed by atoms with Crippen molar-refractivity contribution in [1.82, 2.24) is 19.5 Å². The largest absolute Gasteiger partial charge is 0.382 e. The zero-order valence-corrected chi connectivity index (χ0v) is 12.1. The summed E-state index contributed by atoms with van der Waals surface area (Å²) >= 11 is 4.33. The molecule has 0 aliphatic carbocycles. The Kier molecular flexibility index (Phi) is 3.64. The maximum Gasteiger partial charge on any atom is 0.324 e. The maximum atomic E-state index is 14.1. The van der Waals surface area contributed by atoms with Gasteiger partial charge in [-0.3, -0.25) is 9.09 Å². The van der Waals surface area contributed by atoms with Gasteiger partial charge < -0.3 is 20.3 Å². The van der Waals surface area contributed by atoms with Crippen LogP contribution < -0.4 is 5.73 Å². The smallest absolute Gasteiger partial charge is 0.324 e. The molecule has 1 aliphatic heterocycles. The van der Waals surface area contributed by atoms with Crippen molar-refractivity contribution in [2.24, 2.45) is 0 Å². The Morgan fingerprint density at radius 1 is 1.48 bits per heavy atom. The summed E-state index contributed by atoms with van der Waals surface area (Å²) in [5, 5.41) is 0. The zero-order chi connectivity index (χ0) is 15.2. The van der Waals surface area contributed by atoms with Gasteiger partial charge in [0.1, 0.15) is 11.8 Å². The van der Waals surface area contributed by atoms with Gasteiger partial charge in [0.25, 0.3) is 0 Å². The molecule has 0 unspecified atom stereocenters. The molecule has 3 heterocycles. The lowest BCUT2D eigenvalue weighted by atomic mass is 10.3. The average molecular weight is 335 g/mol. The van der Waals surface area contributed by atoms with Crippen molar-refractivity contribution >= 4 is 35.5 Å². The van der Waals surface area contributed by atoms with Crippen LogP contribution in [0.3, 0.4) is 0 Å². The van der Waals surface area contributed by atoms with Crippen LogP contribution in [0.1, 0.15) is 12.6 Å². The molecule has 2 aromatic rings. The number of hydrogen-bond acceptors (Lipinski definition) is 7. The Hall–Kier alpha value is -1.23. The third-order valence-electron chi connectivity index (χ3n) is 2.93. The van der Waals surface area contributed by atoms with Crippen molar-refractivity contribution < 1.29 is 23.4 Å². The number of fused-ring (bicyclic) bond motifs is 1. The zero-order valence-electron chi connectivity index (χ0n) is 10.4. The highest BCUT2D eigenvalue weighted by atomic mass is 32.5. The quantitative estimate of drug-likeness (QED) is 0.674. The number of nitrogens with zero attached hydrogens (tertiary/aromatic N) is 4. The second-order valence-corrected chi connectivity index (χ2v) is 7.01. The third-order valence-corrected chi connectivity index (χ3v) is 3.70. The van der Waals surface area contributed by atoms with E-state index >= 15 is 0 Å². The predicted octanol–water partition coefficient (Wildman–Crippen LogP) is 0.217. The molecule has 0 saturated carbocycles. The number of alkyl halides is 1. The van der Waals surface area contributed by atoms with Crippen LogP contribution in [-0.4, -0.2) is 41.8 Å². The first-order valence-corrected chi connectivity index (χ1v) is 8.44. The van der Waals surface area contributed by atoms with Gasteiger partial charge in [0.2, 0.25) is 0 Å². The van der Waals surface area contributed by atoms with E-state index in [-0.39, 0.29) is 12.2 Å². The number of anilines is 1. The van der Waals surface area contributed by atoms with Gasteiger partial charge in [-0.15, -0.1) is 0 Å². The molecule has 1 aliphatic rings. The molecule has 1 fully saturated rings. The molecule has 0 radical (unpaired) electrons. The minimum atomic E-state index is -3.93. The van der Waals surface area contributed by atoms with Gasteiger partial charge in [0, 0.05) is 6.42 Å². The van der Waals surface area contributed by atoms with E-state index in [0.29, 0.717) is 11.2 Å². The molecule has 0 aromatic carbocycles. The summed E-state index contributed by atoms with van der Waals surface area (Å²) in [4.78, 5) is 30.0. The highest BCUT2D eigenvalue weighted by molar-refractivity contribution is 8.06. The molecule has 21 heavy (non-hydrogen) atoms. The first-order chi connectivity index (χ1) is 9.85. The molecule has 114 valence electrons. The van der Waals surface area contributed by atoms with Gasteiger partial charge in [-0.25, -0.2) is 19.3 Å². The maximum absolute atomic E-state index is 14.1. The molecule has 0 amide bonds. The van der Waals surface area contributed by atoms with Crippen LogP contribution in [0.25, 0.3) is 11.2 Å². The van der Waals surface area contributed by atoms with Gasteiger partial charge in [0.05, 0.1) is 6.33 Å². The van der Waals surface area contributed by atoms with Gasteiger partial charge in [-0.05, 0) is 11.8 Å². The van der Waals surface area contributed by atoms with E-state index < -0.39 is 25.4 Å². The van der Waals surface area contributed by atoms with Crippen LogP contribution in [0.5, 0.6) is 0 Å². The second-order valence-electron chi connectivity index (χ2n) is 4.39. The van der Waals surface area contributed by atoms with Crippen LogP contribution in [-0.2, 0) is 21.1 Å². The van der Waals surface area contributed by atoms with E-state index in [0.717, 1.165) is 0 Å². The van der Waals surface area contributed by atoms with Gasteiger partial charge in [-0.2, -0.15) is 0 Å². The first kappa shape index (κ1) is 14.7. The lowest BCUT2D eigenvalue weighted by Gasteiger charge is -2.17. The Labute approximate surface area is 122 Å². The number of imidazole rings is 1. The number of rotatable bonds is 3. The van der Waals surface area contributed by atoms with Crippen LogP contribution in [0.2, 0.25) is 0 Å². The van der Waals surface area contributed by atoms with Crippen LogP contribution in [0, 0.1) is 0 Å². The van der Waals surface area contributed by atoms with Crippen LogP contribution in [0.4, 0.5) is 10.2 Å². The van der Waals surface area contributed by atoms with Crippen LogP contribution >= 0.6 is 6.72 Å². The Bertz CT molecular complexity index is 723. The summed E-state index contributed by atoms with van der Waals surface area (Å²) in [5.74, 6) is 0.168. The van der Waals surface area contributed by atoms with Crippen molar-refractivity contribution in [3.05, 3.63) is 12.7 Å². The minimum Gasteiger partial charge on any atom is -0.382 e. The summed E-state index contributed by atoms with van der Waals surface area (Å²) in [5.41, 5.74) is 6.29. The second kappa shape index (κ2) is 5.20. The highest BCUT2D eigenvalue weighted by Gasteiger charge is 2.40. The molecular weight excluding hydrogens is 324 g/mol. The molecule has 1 saturated heterocycles. The molecule has 3 rings (SSSR count). The molecular formula is C9H11FN5O4PS. The summed E-state index contributed by atoms with van der Waals surface area (Å²) in [6.07, 6.45) is -1.32. The fourth-order valence-corrected chi connectivity index (χ4v) is 2.84. The van der Waals surface area contributed by atoms with Crippen molar-refractivity contribution in [2.45, 2.75) is 25.1 Å². The van der Waals surface area contributed by atoms with E-state index in [1.807, 2.05) is 0 Å². The Morgan fingerprint density at radius 2 is 2.24 bits per heavy atom. The van der Waals surface area contributed by atoms with E-state index in [4.69, 9.17) is 24.8 Å². The molecule has 0 spiro atoms. The molecule has 12 heteroatoms. The van der Waals surface area contributed by atoms with E-state index in [9.17, 15) is 4.39 Å². The van der Waals surface area contributed by atoms with E-state index in [1.165, 1.54) is 17.2 Å². The molecule has 4 N–H and O–H groups in total. The minimum absolute atomic E-state index is 0.168. The number of nitrogen functional groups attached to an aromatic ring is 1. The monoisotopic (exact) mass is 335 g/mol. The number of ether oxygens (including phenoxy) is 1. The number of nitrogens with two attached hydrogens (primary N) is 1. The number of hydrogen-bond donors (Lipinski definition) is 3. The number of halogens is 1. The van der Waals surface area contributed by atoms with Gasteiger partial charge >= 0.3 is 6.72 Å². The van der Waals surface area contributed by atoms with Crippen molar-refractivity contribution in [3.63, 3.8) is 0 Å².